The van der Waals surface area contributed by atoms with Crippen molar-refractivity contribution in [2.45, 2.75) is 24.8 Å². The van der Waals surface area contributed by atoms with Crippen LogP contribution in [0.15, 0.2) is 46.8 Å². The molecule has 0 radical (unpaired) electrons. The molecule has 0 spiro atoms. The van der Waals surface area contributed by atoms with Crippen LogP contribution in [0.3, 0.4) is 0 Å². The van der Waals surface area contributed by atoms with Gasteiger partial charge in [-0.2, -0.15) is 0 Å². The van der Waals surface area contributed by atoms with Crippen molar-refractivity contribution in [3.63, 3.8) is 0 Å². The van der Waals surface area contributed by atoms with Gasteiger partial charge in [0.05, 0.1) is 31.8 Å². The van der Waals surface area contributed by atoms with Crippen LogP contribution in [0.1, 0.15) is 25.3 Å². The Hall–Kier alpha value is -2.81. The molecular weight excluding hydrogens is 382 g/mol. The number of carbonyl (C=O) groups is 1. The van der Waals surface area contributed by atoms with E-state index in [2.05, 4.69) is 15.1 Å². The van der Waals surface area contributed by atoms with Crippen molar-refractivity contribution in [3.8, 4) is 5.88 Å². The molecule has 1 aromatic heterocycles. The van der Waals surface area contributed by atoms with Gasteiger partial charge in [-0.25, -0.2) is 14.8 Å². The Balaban J connectivity index is 2.41. The lowest BCUT2D eigenvalue weighted by atomic mass is 10.1. The first-order valence-electron chi connectivity index (χ1n) is 8.60. The molecule has 150 valence electrons. The van der Waals surface area contributed by atoms with E-state index in [0.29, 0.717) is 29.4 Å². The van der Waals surface area contributed by atoms with Gasteiger partial charge in [-0.15, -0.1) is 11.8 Å². The monoisotopic (exact) mass is 405 g/mol. The van der Waals surface area contributed by atoms with Crippen LogP contribution in [-0.2, 0) is 19.1 Å². The minimum Gasteiger partial charge on any atom is -0.503 e. The third-order valence-corrected chi connectivity index (χ3v) is 4.19. The fraction of sp³-hybridized carbons (Fsp3) is 0.368. The molecule has 8 nitrogen and oxygen atoms in total. The van der Waals surface area contributed by atoms with Gasteiger partial charge in [0.2, 0.25) is 5.88 Å². The van der Waals surface area contributed by atoms with Gasteiger partial charge in [-0.05, 0) is 18.8 Å². The van der Waals surface area contributed by atoms with Crippen molar-refractivity contribution < 1.29 is 23.8 Å². The van der Waals surface area contributed by atoms with Crippen molar-refractivity contribution in [2.24, 2.45) is 5.16 Å². The second kappa shape index (κ2) is 11.1. The summed E-state index contributed by atoms with van der Waals surface area (Å²) < 4.78 is 15.9. The number of hydrogen-bond donors (Lipinski definition) is 0. The van der Waals surface area contributed by atoms with Crippen LogP contribution in [0.25, 0.3) is 5.57 Å². The number of nitrogens with zero attached hydrogens (tertiary/aromatic N) is 3. The molecule has 0 fully saturated rings. The maximum Gasteiger partial charge on any atom is 0.341 e. The molecule has 0 N–H and O–H groups in total. The molecule has 1 heterocycles. The van der Waals surface area contributed by atoms with Gasteiger partial charge in [-0.1, -0.05) is 18.2 Å². The van der Waals surface area contributed by atoms with E-state index in [4.69, 9.17) is 19.0 Å². The number of oxime groups is 1. The van der Waals surface area contributed by atoms with Crippen LogP contribution in [0.2, 0.25) is 0 Å². The normalized spacial score (nSPS) is 15.2. The lowest BCUT2D eigenvalue weighted by molar-refractivity contribution is -0.133. The summed E-state index contributed by atoms with van der Waals surface area (Å²) in [7, 11) is 2.73. The Labute approximate surface area is 168 Å². The van der Waals surface area contributed by atoms with Crippen LogP contribution in [-0.4, -0.2) is 48.7 Å². The summed E-state index contributed by atoms with van der Waals surface area (Å²) >= 11 is 1.35. The van der Waals surface area contributed by atoms with Crippen LogP contribution in [0.4, 0.5) is 0 Å². The molecular formula is C19H23N3O5S. The van der Waals surface area contributed by atoms with E-state index in [9.17, 15) is 4.79 Å². The molecule has 2 rings (SSSR count). The highest BCUT2D eigenvalue weighted by Crippen LogP contribution is 2.33. The Bertz CT molecular complexity index is 818. The van der Waals surface area contributed by atoms with E-state index in [1.807, 2.05) is 19.3 Å². The largest absolute Gasteiger partial charge is 0.503 e. The molecule has 0 amide bonds. The summed E-state index contributed by atoms with van der Waals surface area (Å²) in [4.78, 5) is 25.9. The van der Waals surface area contributed by atoms with Crippen LogP contribution < -0.4 is 4.74 Å². The lowest BCUT2D eigenvalue weighted by Crippen LogP contribution is -2.11. The number of thioether (sulfide) groups is 1. The maximum atomic E-state index is 12.3. The zero-order valence-corrected chi connectivity index (χ0v) is 17.1. The smallest absolute Gasteiger partial charge is 0.341 e. The number of ether oxygens (including phenoxy) is 3. The highest BCUT2D eigenvalue weighted by atomic mass is 32.2. The minimum absolute atomic E-state index is 0.158. The number of carbonyl (C=O) groups excluding carboxylic acids is 1. The Morgan fingerprint density at radius 3 is 2.86 bits per heavy atom. The Morgan fingerprint density at radius 1 is 1.36 bits per heavy atom. The minimum atomic E-state index is -0.583. The third-order valence-electron chi connectivity index (χ3n) is 3.49. The van der Waals surface area contributed by atoms with Gasteiger partial charge < -0.3 is 19.0 Å². The molecule has 28 heavy (non-hydrogen) atoms. The van der Waals surface area contributed by atoms with Crippen molar-refractivity contribution in [1.29, 1.82) is 0 Å². The molecule has 0 unspecified atom stereocenters. The maximum absolute atomic E-state index is 12.3. The molecule has 1 aliphatic carbocycles. The van der Waals surface area contributed by atoms with E-state index in [1.165, 1.54) is 38.6 Å². The van der Waals surface area contributed by atoms with Crippen molar-refractivity contribution in [3.05, 3.63) is 42.1 Å². The van der Waals surface area contributed by atoms with E-state index in [1.54, 1.807) is 12.2 Å². The standard InChI is InChI=1S/C19H23N3O5S/c1-5-9-26-22-13-7-6-8-14(10-13)27-17-16(18(28-4)21-12-20-17)15(11-24-2)19(23)25-3/h6,8,10-12H,5,7,9H2,1-4H3. The molecule has 0 aromatic carbocycles. The highest BCUT2D eigenvalue weighted by Gasteiger charge is 2.24. The second-order valence-corrected chi connectivity index (χ2v) is 6.29. The van der Waals surface area contributed by atoms with E-state index in [-0.39, 0.29) is 11.5 Å². The molecule has 0 saturated carbocycles. The topological polar surface area (TPSA) is 92.1 Å². The van der Waals surface area contributed by atoms with Crippen molar-refractivity contribution in [1.82, 2.24) is 9.97 Å². The molecule has 0 saturated heterocycles. The number of esters is 1. The van der Waals surface area contributed by atoms with Gasteiger partial charge in [-0.3, -0.25) is 0 Å². The number of hydrogen-bond acceptors (Lipinski definition) is 9. The predicted octanol–water partition coefficient (Wildman–Crippen LogP) is 3.36. The zero-order valence-electron chi connectivity index (χ0n) is 16.3. The van der Waals surface area contributed by atoms with Gasteiger partial charge in [0, 0.05) is 12.5 Å². The summed E-state index contributed by atoms with van der Waals surface area (Å²) in [5.41, 5.74) is 1.28. The SMILES string of the molecule is CCCON=C1C=C(Oc2ncnc(SC)c2C(=COC)C(=O)OC)C=CC1. The van der Waals surface area contributed by atoms with Crippen LogP contribution in [0, 0.1) is 0 Å². The van der Waals surface area contributed by atoms with E-state index >= 15 is 0 Å². The molecule has 1 aliphatic rings. The lowest BCUT2D eigenvalue weighted by Gasteiger charge is -2.15. The van der Waals surface area contributed by atoms with Gasteiger partial charge in [0.15, 0.2) is 0 Å². The number of aromatic nitrogens is 2. The van der Waals surface area contributed by atoms with Crippen LogP contribution >= 0.6 is 11.8 Å². The number of methoxy groups -OCH3 is 2. The molecule has 0 aliphatic heterocycles. The fourth-order valence-electron chi connectivity index (χ4n) is 2.28. The molecule has 0 bridgehead atoms. The van der Waals surface area contributed by atoms with Crippen molar-refractivity contribution in [2.75, 3.05) is 27.1 Å². The number of rotatable bonds is 9. The zero-order chi connectivity index (χ0) is 20.4. The second-order valence-electron chi connectivity index (χ2n) is 5.49. The highest BCUT2D eigenvalue weighted by molar-refractivity contribution is 7.98. The summed E-state index contributed by atoms with van der Waals surface area (Å²) in [6, 6.07) is 0. The molecule has 0 atom stereocenters. The van der Waals surface area contributed by atoms with Crippen LogP contribution in [0.5, 0.6) is 5.88 Å². The summed E-state index contributed by atoms with van der Waals surface area (Å²) in [6.07, 6.45) is 11.5. The van der Waals surface area contributed by atoms with E-state index < -0.39 is 5.97 Å². The average Bonchev–Trinajstić information content (AvgIpc) is 2.72. The van der Waals surface area contributed by atoms with E-state index in [0.717, 1.165) is 12.1 Å². The Kier molecular flexibility index (Phi) is 8.54. The first kappa shape index (κ1) is 21.5. The van der Waals surface area contributed by atoms with Gasteiger partial charge >= 0.3 is 5.97 Å². The van der Waals surface area contributed by atoms with Gasteiger partial charge in [0.1, 0.15) is 29.3 Å². The molecule has 9 heteroatoms. The fourth-order valence-corrected chi connectivity index (χ4v) is 2.83. The number of allylic oxidation sites excluding steroid dienone is 3. The average molecular weight is 405 g/mol. The first-order chi connectivity index (χ1) is 13.6. The quantitative estimate of drug-likeness (QED) is 0.117. The summed E-state index contributed by atoms with van der Waals surface area (Å²) in [5.74, 6) is 0.138. The van der Waals surface area contributed by atoms with Gasteiger partial charge in [0.25, 0.3) is 0 Å². The first-order valence-corrected chi connectivity index (χ1v) is 9.82. The van der Waals surface area contributed by atoms with Crippen molar-refractivity contribution >= 4 is 29.0 Å². The summed E-state index contributed by atoms with van der Waals surface area (Å²) in [5, 5.41) is 4.65. The molecule has 1 aromatic rings. The Morgan fingerprint density at radius 2 is 2.18 bits per heavy atom. The predicted molar refractivity (Wildman–Crippen MR) is 107 cm³/mol. The third kappa shape index (κ3) is 5.59. The summed E-state index contributed by atoms with van der Waals surface area (Å²) in [6.45, 7) is 2.56.